The Morgan fingerprint density at radius 2 is 2.35 bits per heavy atom. The number of rotatable bonds is 6. The molecule has 0 aromatic carbocycles. The van der Waals surface area contributed by atoms with Crippen molar-refractivity contribution in [1.82, 2.24) is 15.1 Å². The van der Waals surface area contributed by atoms with Crippen LogP contribution in [0.15, 0.2) is 12.4 Å². The Bertz CT molecular complexity index is 353. The van der Waals surface area contributed by atoms with Crippen molar-refractivity contribution < 1.29 is 4.74 Å². The van der Waals surface area contributed by atoms with Crippen molar-refractivity contribution in [2.45, 2.75) is 40.0 Å². The molecule has 1 unspecified atom stereocenters. The predicted molar refractivity (Wildman–Crippen MR) is 73.0 cm³/mol. The molecule has 1 atom stereocenters. The van der Waals surface area contributed by atoms with Crippen LogP contribution in [0.25, 0.3) is 0 Å². The molecule has 0 saturated heterocycles. The second kappa shape index (κ2) is 7.24. The summed E-state index contributed by atoms with van der Waals surface area (Å²) in [4.78, 5) is 0. The van der Waals surface area contributed by atoms with Crippen molar-refractivity contribution in [3.05, 3.63) is 12.4 Å². The SMILES string of the molecule is CCOCn1cc(NC(=S)NC(C)CC)cn1. The van der Waals surface area contributed by atoms with Gasteiger partial charge in [0.15, 0.2) is 5.11 Å². The summed E-state index contributed by atoms with van der Waals surface area (Å²) < 4.78 is 6.96. The lowest BCUT2D eigenvalue weighted by molar-refractivity contribution is 0.0792. The zero-order chi connectivity index (χ0) is 12.7. The van der Waals surface area contributed by atoms with E-state index in [0.29, 0.717) is 24.5 Å². The van der Waals surface area contributed by atoms with Crippen LogP contribution in [0.4, 0.5) is 5.69 Å². The molecule has 0 amide bonds. The van der Waals surface area contributed by atoms with Crippen LogP contribution in [0, 0.1) is 0 Å². The van der Waals surface area contributed by atoms with Crippen molar-refractivity contribution in [3.63, 3.8) is 0 Å². The molecule has 0 saturated carbocycles. The zero-order valence-corrected chi connectivity index (χ0v) is 11.4. The van der Waals surface area contributed by atoms with Crippen LogP contribution in [0.1, 0.15) is 27.2 Å². The van der Waals surface area contributed by atoms with E-state index < -0.39 is 0 Å². The number of thiocarbonyl (C=S) groups is 1. The van der Waals surface area contributed by atoms with Gasteiger partial charge in [-0.1, -0.05) is 6.92 Å². The van der Waals surface area contributed by atoms with E-state index in [1.54, 1.807) is 10.9 Å². The normalized spacial score (nSPS) is 12.2. The van der Waals surface area contributed by atoms with Gasteiger partial charge in [-0.25, -0.2) is 4.68 Å². The number of nitrogens with one attached hydrogen (secondary N) is 2. The summed E-state index contributed by atoms with van der Waals surface area (Å²) in [5.41, 5.74) is 0.866. The molecule has 0 fully saturated rings. The van der Waals surface area contributed by atoms with E-state index in [2.05, 4.69) is 29.6 Å². The van der Waals surface area contributed by atoms with Crippen LogP contribution in [0.2, 0.25) is 0 Å². The van der Waals surface area contributed by atoms with Crippen LogP contribution >= 0.6 is 12.2 Å². The highest BCUT2D eigenvalue weighted by molar-refractivity contribution is 7.80. The van der Waals surface area contributed by atoms with Gasteiger partial charge in [0.2, 0.25) is 0 Å². The van der Waals surface area contributed by atoms with Gasteiger partial charge >= 0.3 is 0 Å². The number of aromatic nitrogens is 2. The van der Waals surface area contributed by atoms with Gasteiger partial charge in [0.25, 0.3) is 0 Å². The summed E-state index contributed by atoms with van der Waals surface area (Å²) in [7, 11) is 0. The molecule has 17 heavy (non-hydrogen) atoms. The van der Waals surface area contributed by atoms with E-state index in [1.165, 1.54) is 0 Å². The molecule has 1 heterocycles. The Hall–Kier alpha value is -1.14. The summed E-state index contributed by atoms with van der Waals surface area (Å²) in [5, 5.41) is 11.0. The number of ether oxygens (including phenoxy) is 1. The molecule has 1 aromatic rings. The summed E-state index contributed by atoms with van der Waals surface area (Å²) in [6, 6.07) is 0.369. The van der Waals surface area contributed by atoms with Crippen molar-refractivity contribution in [2.75, 3.05) is 11.9 Å². The Kier molecular flexibility index (Phi) is 5.93. The lowest BCUT2D eigenvalue weighted by Crippen LogP contribution is -2.35. The number of anilines is 1. The molecule has 1 aromatic heterocycles. The second-order valence-corrected chi connectivity index (χ2v) is 4.21. The van der Waals surface area contributed by atoms with Gasteiger partial charge in [0, 0.05) is 12.6 Å². The number of hydrogen-bond donors (Lipinski definition) is 2. The minimum absolute atomic E-state index is 0.369. The van der Waals surface area contributed by atoms with E-state index in [4.69, 9.17) is 17.0 Å². The quantitative estimate of drug-likeness (QED) is 0.762. The summed E-state index contributed by atoms with van der Waals surface area (Å²) in [6.45, 7) is 7.29. The van der Waals surface area contributed by atoms with Gasteiger partial charge in [-0.2, -0.15) is 5.10 Å². The number of nitrogens with zero attached hydrogens (tertiary/aromatic N) is 2. The van der Waals surface area contributed by atoms with E-state index in [1.807, 2.05) is 13.1 Å². The largest absolute Gasteiger partial charge is 0.360 e. The van der Waals surface area contributed by atoms with Gasteiger partial charge in [-0.15, -0.1) is 0 Å². The third-order valence-corrected chi connectivity index (χ3v) is 2.53. The molecular formula is C11H20N4OS. The molecule has 0 spiro atoms. The third kappa shape index (κ3) is 5.14. The average molecular weight is 256 g/mol. The average Bonchev–Trinajstić information content (AvgIpc) is 2.73. The first-order valence-electron chi connectivity index (χ1n) is 5.83. The Labute approximate surface area is 108 Å². The van der Waals surface area contributed by atoms with Crippen molar-refractivity contribution in [2.24, 2.45) is 0 Å². The maximum absolute atomic E-state index is 5.24. The zero-order valence-electron chi connectivity index (χ0n) is 10.6. The molecule has 6 heteroatoms. The first-order chi connectivity index (χ1) is 8.15. The highest BCUT2D eigenvalue weighted by atomic mass is 32.1. The monoisotopic (exact) mass is 256 g/mol. The van der Waals surface area contributed by atoms with Crippen LogP contribution in [-0.2, 0) is 11.5 Å². The van der Waals surface area contributed by atoms with Crippen molar-refractivity contribution >= 4 is 23.0 Å². The van der Waals surface area contributed by atoms with E-state index in [-0.39, 0.29) is 0 Å². The molecule has 0 aliphatic carbocycles. The maximum Gasteiger partial charge on any atom is 0.171 e. The van der Waals surface area contributed by atoms with Crippen molar-refractivity contribution in [1.29, 1.82) is 0 Å². The summed E-state index contributed by atoms with van der Waals surface area (Å²) in [5.74, 6) is 0. The minimum atomic E-state index is 0.369. The van der Waals surface area contributed by atoms with Crippen molar-refractivity contribution in [3.8, 4) is 0 Å². The first-order valence-corrected chi connectivity index (χ1v) is 6.24. The third-order valence-electron chi connectivity index (χ3n) is 2.31. The standard InChI is InChI=1S/C11H20N4OS/c1-4-9(3)13-11(17)14-10-6-12-15(7-10)8-16-5-2/h6-7,9H,4-5,8H2,1-3H3,(H2,13,14,17). The fraction of sp³-hybridized carbons (Fsp3) is 0.636. The van der Waals surface area contributed by atoms with Crippen LogP contribution in [0.3, 0.4) is 0 Å². The molecular weight excluding hydrogens is 236 g/mol. The summed E-state index contributed by atoms with van der Waals surface area (Å²) in [6.07, 6.45) is 4.62. The lowest BCUT2D eigenvalue weighted by Gasteiger charge is -2.14. The molecule has 2 N–H and O–H groups in total. The van der Waals surface area contributed by atoms with Crippen LogP contribution in [-0.4, -0.2) is 27.5 Å². The molecule has 1 rings (SSSR count). The molecule has 0 aliphatic heterocycles. The molecule has 0 radical (unpaired) electrons. The molecule has 5 nitrogen and oxygen atoms in total. The van der Waals surface area contributed by atoms with E-state index in [0.717, 1.165) is 12.1 Å². The minimum Gasteiger partial charge on any atom is -0.360 e. The Morgan fingerprint density at radius 3 is 3.00 bits per heavy atom. The fourth-order valence-corrected chi connectivity index (χ4v) is 1.50. The Morgan fingerprint density at radius 1 is 1.59 bits per heavy atom. The van der Waals surface area contributed by atoms with Crippen LogP contribution in [0.5, 0.6) is 0 Å². The van der Waals surface area contributed by atoms with Gasteiger partial charge in [0.05, 0.1) is 18.1 Å². The predicted octanol–water partition coefficient (Wildman–Crippen LogP) is 1.96. The topological polar surface area (TPSA) is 51.1 Å². The summed E-state index contributed by atoms with van der Waals surface area (Å²) >= 11 is 5.18. The van der Waals surface area contributed by atoms with Gasteiger partial charge in [-0.3, -0.25) is 0 Å². The Balaban J connectivity index is 2.40. The smallest absolute Gasteiger partial charge is 0.171 e. The maximum atomic E-state index is 5.24. The van der Waals surface area contributed by atoms with Crippen LogP contribution < -0.4 is 10.6 Å². The molecule has 96 valence electrons. The van der Waals surface area contributed by atoms with E-state index >= 15 is 0 Å². The highest BCUT2D eigenvalue weighted by Crippen LogP contribution is 2.05. The molecule has 0 bridgehead atoms. The molecule has 0 aliphatic rings. The van der Waals surface area contributed by atoms with Gasteiger partial charge in [-0.05, 0) is 32.5 Å². The number of hydrogen-bond acceptors (Lipinski definition) is 3. The lowest BCUT2D eigenvalue weighted by atomic mass is 10.3. The second-order valence-electron chi connectivity index (χ2n) is 3.80. The van der Waals surface area contributed by atoms with Gasteiger partial charge in [0.1, 0.15) is 6.73 Å². The fourth-order valence-electron chi connectivity index (χ4n) is 1.18. The van der Waals surface area contributed by atoms with Gasteiger partial charge < -0.3 is 15.4 Å². The highest BCUT2D eigenvalue weighted by Gasteiger charge is 2.03. The first kappa shape index (κ1) is 13.9. The van der Waals surface area contributed by atoms with E-state index in [9.17, 15) is 0 Å².